The van der Waals surface area contributed by atoms with Gasteiger partial charge in [-0.3, -0.25) is 0 Å². The van der Waals surface area contributed by atoms with Crippen LogP contribution in [0.15, 0.2) is 24.3 Å². The molecule has 0 aromatic heterocycles. The SMILES string of the molecule is C[C@H](O)CC1CCN(c2ccc(N)cc2)CC1. The minimum absolute atomic E-state index is 0.164. The maximum absolute atomic E-state index is 9.39. The first-order valence-electron chi connectivity index (χ1n) is 6.43. The summed E-state index contributed by atoms with van der Waals surface area (Å²) in [5, 5.41) is 9.39. The van der Waals surface area contributed by atoms with Gasteiger partial charge in [0.05, 0.1) is 6.10 Å². The molecular weight excluding hydrogens is 212 g/mol. The summed E-state index contributed by atoms with van der Waals surface area (Å²) < 4.78 is 0. The monoisotopic (exact) mass is 234 g/mol. The number of anilines is 2. The van der Waals surface area contributed by atoms with Crippen molar-refractivity contribution in [3.05, 3.63) is 24.3 Å². The number of hydrogen-bond acceptors (Lipinski definition) is 3. The Balaban J connectivity index is 1.88. The second-order valence-electron chi connectivity index (χ2n) is 5.11. The number of aliphatic hydroxyl groups excluding tert-OH is 1. The summed E-state index contributed by atoms with van der Waals surface area (Å²) in [5.41, 5.74) is 7.76. The summed E-state index contributed by atoms with van der Waals surface area (Å²) in [4.78, 5) is 2.40. The van der Waals surface area contributed by atoms with Crippen molar-refractivity contribution in [2.75, 3.05) is 23.7 Å². The highest BCUT2D eigenvalue weighted by Crippen LogP contribution is 2.26. The normalized spacial score (nSPS) is 19.3. The van der Waals surface area contributed by atoms with Gasteiger partial charge >= 0.3 is 0 Å². The second kappa shape index (κ2) is 5.41. The lowest BCUT2D eigenvalue weighted by Crippen LogP contribution is -2.34. The van der Waals surface area contributed by atoms with Crippen molar-refractivity contribution in [3.63, 3.8) is 0 Å². The molecule has 3 nitrogen and oxygen atoms in total. The van der Waals surface area contributed by atoms with Crippen molar-refractivity contribution in [2.24, 2.45) is 5.92 Å². The van der Waals surface area contributed by atoms with Crippen LogP contribution in [-0.4, -0.2) is 24.3 Å². The van der Waals surface area contributed by atoms with E-state index in [9.17, 15) is 5.11 Å². The molecule has 3 heteroatoms. The van der Waals surface area contributed by atoms with Gasteiger partial charge in [0.2, 0.25) is 0 Å². The lowest BCUT2D eigenvalue weighted by atomic mass is 9.91. The van der Waals surface area contributed by atoms with Crippen molar-refractivity contribution in [2.45, 2.75) is 32.3 Å². The van der Waals surface area contributed by atoms with E-state index < -0.39 is 0 Å². The molecule has 2 rings (SSSR count). The number of piperidine rings is 1. The van der Waals surface area contributed by atoms with Gasteiger partial charge in [-0.25, -0.2) is 0 Å². The Labute approximate surface area is 103 Å². The first-order valence-corrected chi connectivity index (χ1v) is 6.43. The zero-order valence-electron chi connectivity index (χ0n) is 10.5. The number of nitrogen functional groups attached to an aromatic ring is 1. The average Bonchev–Trinajstić information content (AvgIpc) is 2.30. The Morgan fingerprint density at radius 2 is 1.88 bits per heavy atom. The highest BCUT2D eigenvalue weighted by Gasteiger charge is 2.20. The number of hydrogen-bond donors (Lipinski definition) is 2. The lowest BCUT2D eigenvalue weighted by Gasteiger charge is -2.34. The minimum Gasteiger partial charge on any atom is -0.399 e. The van der Waals surface area contributed by atoms with E-state index in [1.54, 1.807) is 0 Å². The minimum atomic E-state index is -0.164. The fourth-order valence-corrected chi connectivity index (χ4v) is 2.59. The topological polar surface area (TPSA) is 49.5 Å². The van der Waals surface area contributed by atoms with Gasteiger partial charge in [0.15, 0.2) is 0 Å². The molecule has 0 aliphatic carbocycles. The summed E-state index contributed by atoms with van der Waals surface area (Å²) in [7, 11) is 0. The molecule has 1 fully saturated rings. The third-order valence-electron chi connectivity index (χ3n) is 3.55. The summed E-state index contributed by atoms with van der Waals surface area (Å²) >= 11 is 0. The molecule has 1 heterocycles. The first-order chi connectivity index (χ1) is 8.15. The Bertz CT molecular complexity index is 340. The van der Waals surface area contributed by atoms with Gasteiger partial charge in [0.1, 0.15) is 0 Å². The van der Waals surface area contributed by atoms with Crippen molar-refractivity contribution in [1.29, 1.82) is 0 Å². The molecule has 0 unspecified atom stereocenters. The van der Waals surface area contributed by atoms with Gasteiger partial charge in [-0.1, -0.05) is 0 Å². The number of aliphatic hydroxyl groups is 1. The Kier molecular flexibility index (Phi) is 3.89. The first kappa shape index (κ1) is 12.2. The van der Waals surface area contributed by atoms with Gasteiger partial charge in [-0.15, -0.1) is 0 Å². The molecule has 1 aliphatic heterocycles. The molecule has 1 aliphatic rings. The van der Waals surface area contributed by atoms with Crippen LogP contribution in [0.5, 0.6) is 0 Å². The maximum Gasteiger partial charge on any atom is 0.0514 e. The van der Waals surface area contributed by atoms with Crippen LogP contribution in [-0.2, 0) is 0 Å². The molecule has 0 radical (unpaired) electrons. The largest absolute Gasteiger partial charge is 0.399 e. The number of rotatable bonds is 3. The van der Waals surface area contributed by atoms with Gasteiger partial charge in [0, 0.05) is 24.5 Å². The molecule has 0 amide bonds. The Hall–Kier alpha value is -1.22. The van der Waals surface area contributed by atoms with Crippen LogP contribution in [0.4, 0.5) is 11.4 Å². The Morgan fingerprint density at radius 1 is 1.29 bits per heavy atom. The van der Waals surface area contributed by atoms with E-state index in [2.05, 4.69) is 17.0 Å². The second-order valence-corrected chi connectivity index (χ2v) is 5.11. The molecule has 1 aromatic rings. The molecule has 0 spiro atoms. The number of benzene rings is 1. The third kappa shape index (κ3) is 3.37. The lowest BCUT2D eigenvalue weighted by molar-refractivity contribution is 0.152. The van der Waals surface area contributed by atoms with E-state index >= 15 is 0 Å². The average molecular weight is 234 g/mol. The molecule has 1 atom stereocenters. The Morgan fingerprint density at radius 3 is 2.41 bits per heavy atom. The van der Waals surface area contributed by atoms with Gasteiger partial charge in [-0.2, -0.15) is 0 Å². The fraction of sp³-hybridized carbons (Fsp3) is 0.571. The van der Waals surface area contributed by atoms with Crippen LogP contribution in [0.3, 0.4) is 0 Å². The standard InChI is InChI=1S/C14H22N2O/c1-11(17)10-12-6-8-16(9-7-12)14-4-2-13(15)3-5-14/h2-5,11-12,17H,6-10,15H2,1H3/t11-/m0/s1. The molecular formula is C14H22N2O. The van der Waals surface area contributed by atoms with E-state index in [1.807, 2.05) is 19.1 Å². The van der Waals surface area contributed by atoms with Crippen LogP contribution in [0.25, 0.3) is 0 Å². The smallest absolute Gasteiger partial charge is 0.0514 e. The van der Waals surface area contributed by atoms with Crippen LogP contribution in [0, 0.1) is 5.92 Å². The van der Waals surface area contributed by atoms with Crippen molar-refractivity contribution in [3.8, 4) is 0 Å². The van der Waals surface area contributed by atoms with Crippen molar-refractivity contribution < 1.29 is 5.11 Å². The van der Waals surface area contributed by atoms with Crippen molar-refractivity contribution >= 4 is 11.4 Å². The summed E-state index contributed by atoms with van der Waals surface area (Å²) in [6, 6.07) is 8.09. The highest BCUT2D eigenvalue weighted by molar-refractivity contribution is 5.53. The summed E-state index contributed by atoms with van der Waals surface area (Å²) in [6.07, 6.45) is 3.13. The van der Waals surface area contributed by atoms with Crippen molar-refractivity contribution in [1.82, 2.24) is 0 Å². The van der Waals surface area contributed by atoms with Crippen LogP contribution in [0.1, 0.15) is 26.2 Å². The van der Waals surface area contributed by atoms with E-state index in [0.717, 1.165) is 25.2 Å². The van der Waals surface area contributed by atoms with Gasteiger partial charge in [0.25, 0.3) is 0 Å². The molecule has 17 heavy (non-hydrogen) atoms. The fourth-order valence-electron chi connectivity index (χ4n) is 2.59. The molecule has 3 N–H and O–H groups in total. The summed E-state index contributed by atoms with van der Waals surface area (Å²) in [6.45, 7) is 4.05. The van der Waals surface area contributed by atoms with E-state index in [0.29, 0.717) is 5.92 Å². The van der Waals surface area contributed by atoms with Gasteiger partial charge < -0.3 is 15.7 Å². The predicted octanol–water partition coefficient (Wildman–Crippen LogP) is 2.26. The molecule has 94 valence electrons. The van der Waals surface area contributed by atoms with Crippen LogP contribution in [0.2, 0.25) is 0 Å². The molecule has 0 bridgehead atoms. The maximum atomic E-state index is 9.39. The zero-order chi connectivity index (χ0) is 12.3. The van der Waals surface area contributed by atoms with E-state index in [1.165, 1.54) is 18.5 Å². The molecule has 1 saturated heterocycles. The number of nitrogens with two attached hydrogens (primary N) is 1. The van der Waals surface area contributed by atoms with Crippen LogP contribution >= 0.6 is 0 Å². The molecule has 1 aromatic carbocycles. The molecule has 0 saturated carbocycles. The quantitative estimate of drug-likeness (QED) is 0.789. The predicted molar refractivity (Wildman–Crippen MR) is 72.1 cm³/mol. The highest BCUT2D eigenvalue weighted by atomic mass is 16.3. The zero-order valence-corrected chi connectivity index (χ0v) is 10.5. The third-order valence-corrected chi connectivity index (χ3v) is 3.55. The van der Waals surface area contributed by atoms with E-state index in [4.69, 9.17) is 5.73 Å². The number of nitrogens with zero attached hydrogens (tertiary/aromatic N) is 1. The van der Waals surface area contributed by atoms with Crippen LogP contribution < -0.4 is 10.6 Å². The van der Waals surface area contributed by atoms with E-state index in [-0.39, 0.29) is 6.10 Å². The van der Waals surface area contributed by atoms with Gasteiger partial charge in [-0.05, 0) is 56.4 Å². The summed E-state index contributed by atoms with van der Waals surface area (Å²) in [5.74, 6) is 0.681.